The Hall–Kier alpha value is -2.54. The molecule has 0 aliphatic heterocycles. The number of nitrogens with one attached hydrogen (secondary N) is 1. The number of rotatable bonds is 5. The Labute approximate surface area is 159 Å². The SMILES string of the molecule is C=CCOc1c(C)cnc2c1CCCC2S(=O)c1nc2ccc(F)cc2[nH]1. The summed E-state index contributed by atoms with van der Waals surface area (Å²) in [6.07, 6.45) is 5.96. The van der Waals surface area contributed by atoms with Crippen LogP contribution in [0.15, 0.2) is 42.2 Å². The number of halogens is 1. The number of aryl methyl sites for hydroxylation is 1. The molecule has 0 radical (unpaired) electrons. The van der Waals surface area contributed by atoms with Gasteiger partial charge in [0.25, 0.3) is 0 Å². The first-order valence-electron chi connectivity index (χ1n) is 8.86. The summed E-state index contributed by atoms with van der Waals surface area (Å²) >= 11 is 0. The predicted octanol–water partition coefficient (Wildman–Crippen LogP) is 4.16. The highest BCUT2D eigenvalue weighted by atomic mass is 32.2. The molecular formula is C20H20FN3O2S. The van der Waals surface area contributed by atoms with Gasteiger partial charge in [-0.25, -0.2) is 9.37 Å². The molecule has 140 valence electrons. The molecule has 3 aromatic rings. The highest BCUT2D eigenvalue weighted by molar-refractivity contribution is 7.85. The Kier molecular flexibility index (Phi) is 4.78. The fourth-order valence-electron chi connectivity index (χ4n) is 3.52. The minimum atomic E-state index is -1.42. The number of benzene rings is 1. The van der Waals surface area contributed by atoms with Gasteiger partial charge in [-0.1, -0.05) is 12.7 Å². The van der Waals surface area contributed by atoms with Crippen molar-refractivity contribution in [2.75, 3.05) is 6.61 Å². The lowest BCUT2D eigenvalue weighted by atomic mass is 9.93. The van der Waals surface area contributed by atoms with Gasteiger partial charge >= 0.3 is 0 Å². The van der Waals surface area contributed by atoms with Crippen LogP contribution in [0.1, 0.15) is 34.9 Å². The van der Waals surface area contributed by atoms with Crippen molar-refractivity contribution in [2.45, 2.75) is 36.6 Å². The van der Waals surface area contributed by atoms with Crippen LogP contribution in [0.25, 0.3) is 11.0 Å². The Bertz CT molecular complexity index is 1050. The number of fused-ring (bicyclic) bond motifs is 2. The molecule has 5 nitrogen and oxygen atoms in total. The first-order valence-corrected chi connectivity index (χ1v) is 10.1. The number of nitrogens with zero attached hydrogens (tertiary/aromatic N) is 2. The normalized spacial score (nSPS) is 17.5. The van der Waals surface area contributed by atoms with Crippen molar-refractivity contribution in [3.05, 3.63) is 59.7 Å². The lowest BCUT2D eigenvalue weighted by Gasteiger charge is -2.25. The van der Waals surface area contributed by atoms with Crippen molar-refractivity contribution in [1.82, 2.24) is 15.0 Å². The molecule has 0 amide bonds. The fourth-order valence-corrected chi connectivity index (χ4v) is 4.97. The van der Waals surface area contributed by atoms with Crippen molar-refractivity contribution in [2.24, 2.45) is 0 Å². The molecule has 7 heteroatoms. The van der Waals surface area contributed by atoms with Crippen LogP contribution in [0.4, 0.5) is 4.39 Å². The van der Waals surface area contributed by atoms with Gasteiger partial charge in [0.2, 0.25) is 0 Å². The number of aromatic nitrogens is 3. The van der Waals surface area contributed by atoms with Crippen LogP contribution in [-0.4, -0.2) is 25.8 Å². The van der Waals surface area contributed by atoms with E-state index in [-0.39, 0.29) is 11.1 Å². The molecule has 2 heterocycles. The Morgan fingerprint density at radius 2 is 2.33 bits per heavy atom. The van der Waals surface area contributed by atoms with Crippen LogP contribution in [0.3, 0.4) is 0 Å². The largest absolute Gasteiger partial charge is 0.489 e. The molecule has 0 bridgehead atoms. The monoisotopic (exact) mass is 385 g/mol. The number of hydrogen-bond acceptors (Lipinski definition) is 4. The molecule has 1 N–H and O–H groups in total. The van der Waals surface area contributed by atoms with E-state index in [1.165, 1.54) is 12.1 Å². The second-order valence-corrected chi connectivity index (χ2v) is 8.17. The van der Waals surface area contributed by atoms with Crippen molar-refractivity contribution < 1.29 is 13.3 Å². The highest BCUT2D eigenvalue weighted by Crippen LogP contribution is 2.40. The lowest BCUT2D eigenvalue weighted by molar-refractivity contribution is 0.353. The third-order valence-corrected chi connectivity index (χ3v) is 6.30. The second kappa shape index (κ2) is 7.23. The minimum absolute atomic E-state index is 0.272. The van der Waals surface area contributed by atoms with Gasteiger partial charge in [-0.3, -0.25) is 9.19 Å². The number of H-pyrrole nitrogens is 1. The van der Waals surface area contributed by atoms with E-state index in [2.05, 4.69) is 21.5 Å². The first kappa shape index (κ1) is 17.9. The quantitative estimate of drug-likeness (QED) is 0.670. The Morgan fingerprint density at radius 3 is 3.15 bits per heavy atom. The summed E-state index contributed by atoms with van der Waals surface area (Å²) in [6.45, 7) is 6.07. The highest BCUT2D eigenvalue weighted by Gasteiger charge is 2.32. The van der Waals surface area contributed by atoms with Gasteiger partial charge in [0, 0.05) is 17.3 Å². The van der Waals surface area contributed by atoms with Gasteiger partial charge < -0.3 is 9.72 Å². The van der Waals surface area contributed by atoms with Gasteiger partial charge in [-0.15, -0.1) is 0 Å². The van der Waals surface area contributed by atoms with E-state index < -0.39 is 10.8 Å². The van der Waals surface area contributed by atoms with E-state index in [0.717, 1.165) is 41.8 Å². The molecule has 2 aromatic heterocycles. The van der Waals surface area contributed by atoms with Crippen LogP contribution < -0.4 is 4.74 Å². The van der Waals surface area contributed by atoms with Gasteiger partial charge in [0.15, 0.2) is 5.16 Å². The standard InChI is InChI=1S/C20H20FN3O2S/c1-3-9-26-19-12(2)11-22-18-14(19)5-4-6-17(18)27(25)20-23-15-8-7-13(21)10-16(15)24-20/h3,7-8,10-11,17H,1,4-6,9H2,2H3,(H,23,24). The summed E-state index contributed by atoms with van der Waals surface area (Å²) in [7, 11) is -1.42. The van der Waals surface area contributed by atoms with Crippen LogP contribution in [-0.2, 0) is 17.2 Å². The van der Waals surface area contributed by atoms with Crippen LogP contribution in [0.5, 0.6) is 5.75 Å². The molecule has 1 aliphatic rings. The maximum Gasteiger partial charge on any atom is 0.198 e. The molecule has 4 rings (SSSR count). The Morgan fingerprint density at radius 1 is 1.48 bits per heavy atom. The summed E-state index contributed by atoms with van der Waals surface area (Å²) in [4.78, 5) is 12.0. The van der Waals surface area contributed by atoms with Crippen LogP contribution >= 0.6 is 0 Å². The summed E-state index contributed by atoms with van der Waals surface area (Å²) in [5, 5.41) is 0.0789. The van der Waals surface area contributed by atoms with E-state index in [4.69, 9.17) is 4.74 Å². The molecule has 1 aromatic carbocycles. The molecule has 2 unspecified atom stereocenters. The maximum atomic E-state index is 13.4. The summed E-state index contributed by atoms with van der Waals surface area (Å²) in [6, 6.07) is 4.29. The van der Waals surface area contributed by atoms with Gasteiger partial charge in [0.05, 0.1) is 32.8 Å². The third-order valence-electron chi connectivity index (χ3n) is 4.75. The van der Waals surface area contributed by atoms with E-state index in [9.17, 15) is 8.60 Å². The average molecular weight is 385 g/mol. The average Bonchev–Trinajstić information content (AvgIpc) is 3.09. The van der Waals surface area contributed by atoms with Gasteiger partial charge in [0.1, 0.15) is 18.2 Å². The Balaban J connectivity index is 1.73. The van der Waals surface area contributed by atoms with Crippen LogP contribution in [0.2, 0.25) is 0 Å². The van der Waals surface area contributed by atoms with E-state index in [1.54, 1.807) is 18.3 Å². The van der Waals surface area contributed by atoms with E-state index in [0.29, 0.717) is 22.8 Å². The summed E-state index contributed by atoms with van der Waals surface area (Å²) in [5.41, 5.74) is 3.92. The number of pyridine rings is 1. The zero-order chi connectivity index (χ0) is 19.0. The van der Waals surface area contributed by atoms with E-state index >= 15 is 0 Å². The number of aromatic amines is 1. The third kappa shape index (κ3) is 3.27. The van der Waals surface area contributed by atoms with Crippen molar-refractivity contribution in [1.29, 1.82) is 0 Å². The van der Waals surface area contributed by atoms with Crippen molar-refractivity contribution in [3.8, 4) is 5.75 Å². The second-order valence-electron chi connectivity index (χ2n) is 6.62. The van der Waals surface area contributed by atoms with Crippen molar-refractivity contribution in [3.63, 3.8) is 0 Å². The smallest absolute Gasteiger partial charge is 0.198 e. The zero-order valence-corrected chi connectivity index (χ0v) is 15.8. The maximum absolute atomic E-state index is 13.4. The minimum Gasteiger partial charge on any atom is -0.489 e. The topological polar surface area (TPSA) is 67.9 Å². The number of ether oxygens (including phenoxy) is 1. The molecule has 0 saturated heterocycles. The molecule has 0 saturated carbocycles. The predicted molar refractivity (Wildman–Crippen MR) is 103 cm³/mol. The molecule has 0 spiro atoms. The molecule has 27 heavy (non-hydrogen) atoms. The molecule has 2 atom stereocenters. The number of hydrogen-bond donors (Lipinski definition) is 1. The molecule has 1 aliphatic carbocycles. The summed E-state index contributed by atoms with van der Waals surface area (Å²) < 4.78 is 32.5. The van der Waals surface area contributed by atoms with Crippen LogP contribution in [0, 0.1) is 12.7 Å². The lowest BCUT2D eigenvalue weighted by Crippen LogP contribution is -2.19. The zero-order valence-electron chi connectivity index (χ0n) is 15.0. The van der Waals surface area contributed by atoms with Gasteiger partial charge in [-0.2, -0.15) is 0 Å². The van der Waals surface area contributed by atoms with Gasteiger partial charge in [-0.05, 0) is 44.4 Å². The first-order chi connectivity index (χ1) is 13.1. The molecular weight excluding hydrogens is 365 g/mol. The van der Waals surface area contributed by atoms with E-state index in [1.807, 2.05) is 6.92 Å². The number of imidazole rings is 1. The molecule has 0 fully saturated rings. The van der Waals surface area contributed by atoms with Crippen molar-refractivity contribution >= 4 is 21.8 Å². The summed E-state index contributed by atoms with van der Waals surface area (Å²) in [5.74, 6) is 0.459. The fraction of sp³-hybridized carbons (Fsp3) is 0.300.